The van der Waals surface area contributed by atoms with Crippen LogP contribution >= 0.6 is 27.7 Å². The Balaban J connectivity index is 2.13. The molecule has 0 amide bonds. The lowest BCUT2D eigenvalue weighted by Crippen LogP contribution is -2.22. The number of halogens is 1. The first-order valence-electron chi connectivity index (χ1n) is 7.93. The van der Waals surface area contributed by atoms with E-state index in [4.69, 9.17) is 4.74 Å². The van der Waals surface area contributed by atoms with E-state index in [1.165, 1.54) is 16.0 Å². The number of ether oxygens (including phenoxy) is 1. The maximum atomic E-state index is 5.48. The van der Waals surface area contributed by atoms with Crippen LogP contribution in [0.15, 0.2) is 51.8 Å². The predicted molar refractivity (Wildman–Crippen MR) is 103 cm³/mol. The summed E-state index contributed by atoms with van der Waals surface area (Å²) in [4.78, 5) is 3.79. The molecule has 2 nitrogen and oxygen atoms in total. The van der Waals surface area contributed by atoms with Crippen LogP contribution in [0, 0.1) is 0 Å². The Kier molecular flexibility index (Phi) is 7.47. The summed E-state index contributed by atoms with van der Waals surface area (Å²) in [5.41, 5.74) is 2.61. The molecule has 0 heterocycles. The third kappa shape index (κ3) is 5.27. The molecule has 0 aliphatic carbocycles. The SMILES string of the molecule is CCN(CC)Cc1ccccc1SCc1cc(Br)ccc1OC. The van der Waals surface area contributed by atoms with Crippen molar-refractivity contribution in [1.82, 2.24) is 4.90 Å². The molecule has 0 radical (unpaired) electrons. The first-order chi connectivity index (χ1) is 11.2. The lowest BCUT2D eigenvalue weighted by molar-refractivity contribution is 0.294. The van der Waals surface area contributed by atoms with Crippen molar-refractivity contribution in [3.8, 4) is 5.75 Å². The summed E-state index contributed by atoms with van der Waals surface area (Å²) in [6.07, 6.45) is 0. The van der Waals surface area contributed by atoms with Gasteiger partial charge in [0, 0.05) is 27.2 Å². The topological polar surface area (TPSA) is 12.5 Å². The molecule has 0 aliphatic heterocycles. The van der Waals surface area contributed by atoms with Crippen LogP contribution in [0.1, 0.15) is 25.0 Å². The molecule has 0 unspecified atom stereocenters. The fourth-order valence-electron chi connectivity index (χ4n) is 2.48. The molecule has 2 aromatic carbocycles. The number of hydrogen-bond acceptors (Lipinski definition) is 3. The van der Waals surface area contributed by atoms with Gasteiger partial charge in [0.2, 0.25) is 0 Å². The minimum atomic E-state index is 0.901. The molecule has 4 heteroatoms. The van der Waals surface area contributed by atoms with Gasteiger partial charge in [0.1, 0.15) is 5.75 Å². The Morgan fingerprint density at radius 2 is 1.78 bits per heavy atom. The second-order valence-corrected chi connectivity index (χ2v) is 7.25. The standard InChI is InChI=1S/C19H24BrNOS/c1-4-21(5-2)13-15-8-6-7-9-19(15)23-14-16-12-17(20)10-11-18(16)22-3/h6-12H,4-5,13-14H2,1-3H3. The molecular formula is C19H24BrNOS. The molecule has 0 saturated heterocycles. The van der Waals surface area contributed by atoms with E-state index in [1.54, 1.807) is 7.11 Å². The van der Waals surface area contributed by atoms with Gasteiger partial charge in [0.15, 0.2) is 0 Å². The van der Waals surface area contributed by atoms with Gasteiger partial charge >= 0.3 is 0 Å². The summed E-state index contributed by atoms with van der Waals surface area (Å²) in [5.74, 6) is 1.85. The predicted octanol–water partition coefficient (Wildman–Crippen LogP) is 5.59. The number of thioether (sulfide) groups is 1. The zero-order valence-electron chi connectivity index (χ0n) is 14.0. The van der Waals surface area contributed by atoms with E-state index in [9.17, 15) is 0 Å². The lowest BCUT2D eigenvalue weighted by atomic mass is 10.2. The second-order valence-electron chi connectivity index (χ2n) is 5.31. The summed E-state index contributed by atoms with van der Waals surface area (Å²) in [7, 11) is 1.73. The summed E-state index contributed by atoms with van der Waals surface area (Å²) in [6, 6.07) is 14.9. The van der Waals surface area contributed by atoms with Crippen LogP contribution in [0.25, 0.3) is 0 Å². The molecule has 0 bridgehead atoms. The van der Waals surface area contributed by atoms with Crippen molar-refractivity contribution in [2.24, 2.45) is 0 Å². The lowest BCUT2D eigenvalue weighted by Gasteiger charge is -2.20. The Morgan fingerprint density at radius 3 is 2.48 bits per heavy atom. The van der Waals surface area contributed by atoms with E-state index in [2.05, 4.69) is 65.0 Å². The van der Waals surface area contributed by atoms with Crippen molar-refractivity contribution < 1.29 is 4.74 Å². The molecule has 124 valence electrons. The van der Waals surface area contributed by atoms with Gasteiger partial charge in [-0.3, -0.25) is 4.90 Å². The second kappa shape index (κ2) is 9.36. The maximum Gasteiger partial charge on any atom is 0.122 e. The van der Waals surface area contributed by atoms with Gasteiger partial charge < -0.3 is 4.74 Å². The Bertz CT molecular complexity index is 629. The van der Waals surface area contributed by atoms with E-state index in [0.29, 0.717) is 0 Å². The van der Waals surface area contributed by atoms with Gasteiger partial charge in [-0.25, -0.2) is 0 Å². The van der Waals surface area contributed by atoms with Crippen molar-refractivity contribution in [2.45, 2.75) is 31.0 Å². The minimum Gasteiger partial charge on any atom is -0.496 e. The van der Waals surface area contributed by atoms with Crippen molar-refractivity contribution in [3.63, 3.8) is 0 Å². The number of benzene rings is 2. The molecule has 0 N–H and O–H groups in total. The number of nitrogens with zero attached hydrogens (tertiary/aromatic N) is 1. The molecule has 0 atom stereocenters. The van der Waals surface area contributed by atoms with Crippen molar-refractivity contribution in [1.29, 1.82) is 0 Å². The summed E-state index contributed by atoms with van der Waals surface area (Å²) in [6.45, 7) is 7.59. The smallest absolute Gasteiger partial charge is 0.122 e. The third-order valence-electron chi connectivity index (χ3n) is 3.89. The quantitative estimate of drug-likeness (QED) is 0.542. The summed E-state index contributed by atoms with van der Waals surface area (Å²) < 4.78 is 6.56. The Hall–Kier alpha value is -0.970. The van der Waals surface area contributed by atoms with Crippen LogP contribution in [0.3, 0.4) is 0 Å². The molecule has 0 fully saturated rings. The highest BCUT2D eigenvalue weighted by Crippen LogP contribution is 2.32. The van der Waals surface area contributed by atoms with Crippen LogP contribution in [0.4, 0.5) is 0 Å². The molecule has 0 spiro atoms. The van der Waals surface area contributed by atoms with E-state index in [1.807, 2.05) is 23.9 Å². The Labute approximate surface area is 152 Å². The largest absolute Gasteiger partial charge is 0.496 e. The first kappa shape index (κ1) is 18.4. The van der Waals surface area contributed by atoms with Crippen molar-refractivity contribution in [2.75, 3.05) is 20.2 Å². The van der Waals surface area contributed by atoms with E-state index >= 15 is 0 Å². The zero-order chi connectivity index (χ0) is 16.7. The summed E-state index contributed by atoms with van der Waals surface area (Å²) in [5, 5.41) is 0. The van der Waals surface area contributed by atoms with Crippen LogP contribution < -0.4 is 4.74 Å². The first-order valence-corrected chi connectivity index (χ1v) is 9.71. The van der Waals surface area contributed by atoms with E-state index in [0.717, 1.165) is 35.6 Å². The molecular weight excluding hydrogens is 370 g/mol. The van der Waals surface area contributed by atoms with Gasteiger partial charge in [-0.05, 0) is 42.9 Å². The fourth-order valence-corrected chi connectivity index (χ4v) is 3.92. The van der Waals surface area contributed by atoms with Crippen LogP contribution in [0.5, 0.6) is 5.75 Å². The molecule has 0 saturated carbocycles. The molecule has 23 heavy (non-hydrogen) atoms. The molecule has 0 aliphatic rings. The Morgan fingerprint density at radius 1 is 1.04 bits per heavy atom. The van der Waals surface area contributed by atoms with Crippen LogP contribution in [-0.2, 0) is 12.3 Å². The average Bonchev–Trinajstić information content (AvgIpc) is 2.58. The number of hydrogen-bond donors (Lipinski definition) is 0. The highest BCUT2D eigenvalue weighted by molar-refractivity contribution is 9.10. The minimum absolute atomic E-state index is 0.901. The highest BCUT2D eigenvalue weighted by atomic mass is 79.9. The number of rotatable bonds is 8. The van der Waals surface area contributed by atoms with Gasteiger partial charge in [0.05, 0.1) is 7.11 Å². The fraction of sp³-hybridized carbons (Fsp3) is 0.368. The van der Waals surface area contributed by atoms with Crippen LogP contribution in [-0.4, -0.2) is 25.1 Å². The zero-order valence-corrected chi connectivity index (χ0v) is 16.4. The van der Waals surface area contributed by atoms with Crippen molar-refractivity contribution >= 4 is 27.7 Å². The third-order valence-corrected chi connectivity index (χ3v) is 5.54. The normalized spacial score (nSPS) is 11.0. The van der Waals surface area contributed by atoms with Gasteiger partial charge in [-0.1, -0.05) is 48.0 Å². The van der Waals surface area contributed by atoms with E-state index in [-0.39, 0.29) is 0 Å². The molecule has 2 aromatic rings. The van der Waals surface area contributed by atoms with Gasteiger partial charge in [-0.15, -0.1) is 11.8 Å². The average molecular weight is 394 g/mol. The molecule has 0 aromatic heterocycles. The monoisotopic (exact) mass is 393 g/mol. The highest BCUT2D eigenvalue weighted by Gasteiger charge is 2.09. The maximum absolute atomic E-state index is 5.48. The van der Waals surface area contributed by atoms with Gasteiger partial charge in [0.25, 0.3) is 0 Å². The summed E-state index contributed by atoms with van der Waals surface area (Å²) >= 11 is 5.42. The van der Waals surface area contributed by atoms with E-state index < -0.39 is 0 Å². The number of methoxy groups -OCH3 is 1. The van der Waals surface area contributed by atoms with Crippen LogP contribution in [0.2, 0.25) is 0 Å². The van der Waals surface area contributed by atoms with Gasteiger partial charge in [-0.2, -0.15) is 0 Å². The molecule has 2 rings (SSSR count). The van der Waals surface area contributed by atoms with Crippen molar-refractivity contribution in [3.05, 3.63) is 58.1 Å².